The van der Waals surface area contributed by atoms with Crippen molar-refractivity contribution in [2.45, 2.75) is 53.4 Å². The molecule has 0 aromatic heterocycles. The van der Waals surface area contributed by atoms with Crippen LogP contribution < -0.4 is 5.32 Å². The third-order valence-electron chi connectivity index (χ3n) is 2.69. The fourth-order valence-corrected chi connectivity index (χ4v) is 1.98. The van der Waals surface area contributed by atoms with E-state index in [0.29, 0.717) is 23.6 Å². The van der Waals surface area contributed by atoms with E-state index in [0.717, 1.165) is 18.4 Å². The highest BCUT2D eigenvalue weighted by Crippen LogP contribution is 2.27. The highest BCUT2D eigenvalue weighted by Gasteiger charge is 2.07. The van der Waals surface area contributed by atoms with Gasteiger partial charge in [-0.3, -0.25) is 9.59 Å². The third kappa shape index (κ3) is 6.71. The molecular weight excluding hydrogens is 274 g/mol. The van der Waals surface area contributed by atoms with E-state index in [4.69, 9.17) is 11.6 Å². The molecule has 0 aliphatic carbocycles. The number of ketones is 1. The molecule has 4 heteroatoms. The van der Waals surface area contributed by atoms with Crippen LogP contribution in [0, 0.1) is 0 Å². The number of carbonyl (C=O) groups excluding carboxylic acids is 2. The number of hydrogen-bond donors (Lipinski definition) is 1. The summed E-state index contributed by atoms with van der Waals surface area (Å²) in [7, 11) is 0. The molecule has 0 unspecified atom stereocenters. The number of aryl methyl sites for hydroxylation is 1. The van der Waals surface area contributed by atoms with Crippen molar-refractivity contribution in [3.05, 3.63) is 28.8 Å². The second kappa shape index (κ2) is 10.4. The zero-order chi connectivity index (χ0) is 15.5. The van der Waals surface area contributed by atoms with Crippen LogP contribution in [0.25, 0.3) is 0 Å². The maximum Gasteiger partial charge on any atom is 0.221 e. The Labute approximate surface area is 126 Å². The van der Waals surface area contributed by atoms with Gasteiger partial charge in [-0.1, -0.05) is 44.5 Å². The van der Waals surface area contributed by atoms with E-state index < -0.39 is 0 Å². The molecule has 1 aromatic rings. The zero-order valence-electron chi connectivity index (χ0n) is 12.8. The topological polar surface area (TPSA) is 46.2 Å². The summed E-state index contributed by atoms with van der Waals surface area (Å²) in [5, 5.41) is 3.25. The lowest BCUT2D eigenvalue weighted by molar-refractivity contribution is -0.118. The van der Waals surface area contributed by atoms with Gasteiger partial charge in [0.1, 0.15) is 5.78 Å². The van der Waals surface area contributed by atoms with Gasteiger partial charge < -0.3 is 5.32 Å². The van der Waals surface area contributed by atoms with Crippen molar-refractivity contribution in [3.8, 4) is 0 Å². The Morgan fingerprint density at radius 3 is 2.45 bits per heavy atom. The molecule has 0 saturated heterocycles. The largest absolute Gasteiger partial charge is 0.325 e. The van der Waals surface area contributed by atoms with Crippen molar-refractivity contribution >= 4 is 29.0 Å². The maximum atomic E-state index is 11.2. The van der Waals surface area contributed by atoms with Crippen molar-refractivity contribution in [3.63, 3.8) is 0 Å². The van der Waals surface area contributed by atoms with Crippen LogP contribution in [-0.2, 0) is 16.0 Å². The van der Waals surface area contributed by atoms with E-state index in [-0.39, 0.29) is 11.7 Å². The van der Waals surface area contributed by atoms with Crippen molar-refractivity contribution < 1.29 is 9.59 Å². The van der Waals surface area contributed by atoms with Crippen molar-refractivity contribution in [1.29, 1.82) is 0 Å². The lowest BCUT2D eigenvalue weighted by Crippen LogP contribution is -2.07. The van der Waals surface area contributed by atoms with Gasteiger partial charge in [0.25, 0.3) is 0 Å². The smallest absolute Gasteiger partial charge is 0.221 e. The van der Waals surface area contributed by atoms with E-state index in [1.807, 2.05) is 32.9 Å². The Morgan fingerprint density at radius 1 is 1.25 bits per heavy atom. The van der Waals surface area contributed by atoms with E-state index in [9.17, 15) is 9.59 Å². The number of halogens is 1. The van der Waals surface area contributed by atoms with E-state index in [1.165, 1.54) is 6.92 Å². The molecule has 1 rings (SSSR count). The Kier molecular flexibility index (Phi) is 9.73. The number of amides is 1. The Bertz CT molecular complexity index is 444. The number of nitrogens with one attached hydrogen (secondary N) is 1. The second-order valence-electron chi connectivity index (χ2n) is 4.21. The standard InChI is InChI=1S/C14H18ClNO2.C2H6/c1-3-12(18)8-4-6-11-7-5-9-13(14(11)15)16-10(2)17;1-2/h5,7,9H,3-4,6,8H2,1-2H3,(H,16,17);1-2H3. The van der Waals surface area contributed by atoms with Gasteiger partial charge in [0.05, 0.1) is 10.7 Å². The summed E-state index contributed by atoms with van der Waals surface area (Å²) < 4.78 is 0. The number of anilines is 1. The minimum Gasteiger partial charge on any atom is -0.325 e. The van der Waals surface area contributed by atoms with Gasteiger partial charge in [-0.05, 0) is 24.5 Å². The summed E-state index contributed by atoms with van der Waals surface area (Å²) in [5.74, 6) is 0.124. The van der Waals surface area contributed by atoms with Crippen molar-refractivity contribution in [2.75, 3.05) is 5.32 Å². The van der Waals surface area contributed by atoms with Crippen LogP contribution in [0.5, 0.6) is 0 Å². The first-order valence-corrected chi connectivity index (χ1v) is 7.49. The first kappa shape index (κ1) is 18.7. The first-order valence-electron chi connectivity index (χ1n) is 7.11. The predicted molar refractivity (Wildman–Crippen MR) is 85.3 cm³/mol. The molecule has 0 radical (unpaired) electrons. The quantitative estimate of drug-likeness (QED) is 0.832. The van der Waals surface area contributed by atoms with E-state index in [1.54, 1.807) is 6.07 Å². The summed E-state index contributed by atoms with van der Waals surface area (Å²) in [6.45, 7) is 7.32. The summed E-state index contributed by atoms with van der Waals surface area (Å²) in [4.78, 5) is 22.2. The molecule has 20 heavy (non-hydrogen) atoms. The molecule has 1 N–H and O–H groups in total. The van der Waals surface area contributed by atoms with Crippen LogP contribution in [0.2, 0.25) is 5.02 Å². The van der Waals surface area contributed by atoms with Crippen LogP contribution in [0.3, 0.4) is 0 Å². The summed E-state index contributed by atoms with van der Waals surface area (Å²) in [5.41, 5.74) is 1.59. The number of rotatable bonds is 6. The minimum atomic E-state index is -0.143. The summed E-state index contributed by atoms with van der Waals surface area (Å²) in [6, 6.07) is 5.54. The molecule has 3 nitrogen and oxygen atoms in total. The third-order valence-corrected chi connectivity index (χ3v) is 3.13. The molecule has 1 aromatic carbocycles. The van der Waals surface area contributed by atoms with Crippen LogP contribution in [0.4, 0.5) is 5.69 Å². The first-order chi connectivity index (χ1) is 9.54. The van der Waals surface area contributed by atoms with Gasteiger partial charge in [0.15, 0.2) is 0 Å². The lowest BCUT2D eigenvalue weighted by atomic mass is 10.0. The second-order valence-corrected chi connectivity index (χ2v) is 4.58. The number of carbonyl (C=O) groups is 2. The highest BCUT2D eigenvalue weighted by atomic mass is 35.5. The minimum absolute atomic E-state index is 0.143. The molecule has 0 saturated carbocycles. The van der Waals surface area contributed by atoms with E-state index in [2.05, 4.69) is 5.32 Å². The number of benzene rings is 1. The predicted octanol–water partition coefficient (Wildman–Crippen LogP) is 4.63. The lowest BCUT2D eigenvalue weighted by Gasteiger charge is -2.09. The van der Waals surface area contributed by atoms with E-state index >= 15 is 0 Å². The SMILES string of the molecule is CC.CCC(=O)CCCc1cccc(NC(C)=O)c1Cl. The van der Waals surface area contributed by atoms with Gasteiger partial charge >= 0.3 is 0 Å². The van der Waals surface area contributed by atoms with Gasteiger partial charge in [0.2, 0.25) is 5.91 Å². The van der Waals surface area contributed by atoms with Crippen LogP contribution in [0.1, 0.15) is 52.5 Å². The average molecular weight is 298 g/mol. The molecule has 0 aliphatic rings. The highest BCUT2D eigenvalue weighted by molar-refractivity contribution is 6.34. The Balaban J connectivity index is 0.00000172. The monoisotopic (exact) mass is 297 g/mol. The molecule has 1 amide bonds. The van der Waals surface area contributed by atoms with Crippen LogP contribution in [0.15, 0.2) is 18.2 Å². The molecule has 0 heterocycles. The van der Waals surface area contributed by atoms with Gasteiger partial charge in [-0.2, -0.15) is 0 Å². The molecular formula is C16H24ClNO2. The molecule has 0 atom stereocenters. The van der Waals surface area contributed by atoms with Crippen molar-refractivity contribution in [2.24, 2.45) is 0 Å². The van der Waals surface area contributed by atoms with Crippen LogP contribution in [-0.4, -0.2) is 11.7 Å². The Hall–Kier alpha value is -1.35. The van der Waals surface area contributed by atoms with Gasteiger partial charge in [0, 0.05) is 19.8 Å². The fraction of sp³-hybridized carbons (Fsp3) is 0.500. The Morgan fingerprint density at radius 2 is 1.90 bits per heavy atom. The fourth-order valence-electron chi connectivity index (χ4n) is 1.71. The maximum absolute atomic E-state index is 11.2. The summed E-state index contributed by atoms with van der Waals surface area (Å²) >= 11 is 6.20. The molecule has 0 fully saturated rings. The van der Waals surface area contributed by atoms with Gasteiger partial charge in [-0.25, -0.2) is 0 Å². The summed E-state index contributed by atoms with van der Waals surface area (Å²) in [6.07, 6.45) is 2.70. The normalized spacial score (nSPS) is 9.45. The average Bonchev–Trinajstić information content (AvgIpc) is 2.44. The number of Topliss-reactive ketones (excluding diaryl/α,β-unsaturated/α-hetero) is 1. The molecule has 0 aliphatic heterocycles. The molecule has 112 valence electrons. The molecule has 0 spiro atoms. The van der Waals surface area contributed by atoms with Crippen LogP contribution >= 0.6 is 11.6 Å². The van der Waals surface area contributed by atoms with Crippen molar-refractivity contribution in [1.82, 2.24) is 0 Å². The zero-order valence-corrected chi connectivity index (χ0v) is 13.5. The molecule has 0 bridgehead atoms. The van der Waals surface area contributed by atoms with Gasteiger partial charge in [-0.15, -0.1) is 0 Å². The number of hydrogen-bond acceptors (Lipinski definition) is 2.